The molecule has 3 N–H and O–H groups in total. The number of hydrogen-bond donors (Lipinski definition) is 2. The lowest BCUT2D eigenvalue weighted by Gasteiger charge is -2.15. The molecule has 1 aromatic carbocycles. The van der Waals surface area contributed by atoms with Crippen molar-refractivity contribution >= 4 is 23.0 Å². The Morgan fingerprint density at radius 3 is 2.81 bits per heavy atom. The van der Waals surface area contributed by atoms with Crippen LogP contribution in [0.4, 0.5) is 5.69 Å². The second-order valence-electron chi connectivity index (χ2n) is 4.17. The highest BCUT2D eigenvalue weighted by Crippen LogP contribution is 2.15. The minimum absolute atomic E-state index is 0.318. The standard InChI is InChI=1S/C12H17N3S/c13-12(16)14-11-5-3-4-10(8-11)9-15-6-1-2-7-15/h3-5,8H,1-2,6-7,9H2,(H3,13,14,16). The number of hydrogen-bond acceptors (Lipinski definition) is 2. The number of nitrogens with two attached hydrogens (primary N) is 1. The second kappa shape index (κ2) is 5.27. The molecule has 0 unspecified atom stereocenters. The van der Waals surface area contributed by atoms with Crippen LogP contribution in [0.2, 0.25) is 0 Å². The monoisotopic (exact) mass is 235 g/mol. The molecule has 16 heavy (non-hydrogen) atoms. The summed E-state index contributed by atoms with van der Waals surface area (Å²) in [4.78, 5) is 2.47. The molecule has 1 heterocycles. The largest absolute Gasteiger partial charge is 0.376 e. The molecule has 1 aliphatic heterocycles. The molecule has 0 spiro atoms. The van der Waals surface area contributed by atoms with Crippen LogP contribution in [0.25, 0.3) is 0 Å². The molecule has 1 fully saturated rings. The minimum atomic E-state index is 0.318. The smallest absolute Gasteiger partial charge is 0.168 e. The van der Waals surface area contributed by atoms with Crippen LogP contribution in [0.5, 0.6) is 0 Å². The fourth-order valence-corrected chi connectivity index (χ4v) is 2.21. The number of likely N-dealkylation sites (tertiary alicyclic amines) is 1. The van der Waals surface area contributed by atoms with Crippen molar-refractivity contribution in [1.82, 2.24) is 4.90 Å². The molecule has 1 aliphatic rings. The zero-order valence-corrected chi connectivity index (χ0v) is 10.1. The predicted octanol–water partition coefficient (Wildman–Crippen LogP) is 1.94. The predicted molar refractivity (Wildman–Crippen MR) is 71.4 cm³/mol. The maximum atomic E-state index is 5.45. The number of thiocarbonyl (C=S) groups is 1. The van der Waals surface area contributed by atoms with Crippen molar-refractivity contribution in [2.75, 3.05) is 18.4 Å². The summed E-state index contributed by atoms with van der Waals surface area (Å²) < 4.78 is 0. The molecule has 1 aromatic rings. The van der Waals surface area contributed by atoms with Crippen molar-refractivity contribution in [2.45, 2.75) is 19.4 Å². The summed E-state index contributed by atoms with van der Waals surface area (Å²) in [5, 5.41) is 3.28. The van der Waals surface area contributed by atoms with E-state index in [0.29, 0.717) is 5.11 Å². The fourth-order valence-electron chi connectivity index (χ4n) is 2.09. The molecule has 1 saturated heterocycles. The van der Waals surface area contributed by atoms with Gasteiger partial charge >= 0.3 is 0 Å². The van der Waals surface area contributed by atoms with Crippen LogP contribution in [0.1, 0.15) is 18.4 Å². The lowest BCUT2D eigenvalue weighted by atomic mass is 10.2. The normalized spacial score (nSPS) is 16.2. The Hall–Kier alpha value is -1.13. The van der Waals surface area contributed by atoms with Gasteiger partial charge in [-0.1, -0.05) is 12.1 Å². The van der Waals surface area contributed by atoms with Gasteiger partial charge in [0.15, 0.2) is 5.11 Å². The minimum Gasteiger partial charge on any atom is -0.376 e. The maximum Gasteiger partial charge on any atom is 0.168 e. The first-order valence-corrected chi connectivity index (χ1v) is 6.02. The zero-order valence-electron chi connectivity index (χ0n) is 9.28. The van der Waals surface area contributed by atoms with Gasteiger partial charge in [-0.3, -0.25) is 4.90 Å². The van der Waals surface area contributed by atoms with Crippen LogP contribution in [0.15, 0.2) is 24.3 Å². The Labute approximate surface area is 102 Å². The Morgan fingerprint density at radius 1 is 1.38 bits per heavy atom. The van der Waals surface area contributed by atoms with E-state index in [1.165, 1.54) is 31.5 Å². The number of benzene rings is 1. The first-order valence-electron chi connectivity index (χ1n) is 5.62. The van der Waals surface area contributed by atoms with Gasteiger partial charge in [-0.25, -0.2) is 0 Å². The summed E-state index contributed by atoms with van der Waals surface area (Å²) in [5.41, 5.74) is 7.73. The van der Waals surface area contributed by atoms with E-state index in [4.69, 9.17) is 18.0 Å². The van der Waals surface area contributed by atoms with Gasteiger partial charge in [-0.15, -0.1) is 0 Å². The van der Waals surface area contributed by atoms with Gasteiger partial charge in [0.1, 0.15) is 0 Å². The Bertz CT molecular complexity index is 372. The van der Waals surface area contributed by atoms with Crippen molar-refractivity contribution in [3.8, 4) is 0 Å². The van der Waals surface area contributed by atoms with Crippen LogP contribution >= 0.6 is 12.2 Å². The van der Waals surface area contributed by atoms with E-state index in [1.54, 1.807) is 0 Å². The Kier molecular flexibility index (Phi) is 3.74. The molecule has 0 aromatic heterocycles. The Balaban J connectivity index is 2.00. The molecule has 0 bridgehead atoms. The summed E-state index contributed by atoms with van der Waals surface area (Å²) in [6, 6.07) is 8.26. The van der Waals surface area contributed by atoms with E-state index in [9.17, 15) is 0 Å². The quantitative estimate of drug-likeness (QED) is 0.786. The average Bonchev–Trinajstić information content (AvgIpc) is 2.70. The molecule has 0 atom stereocenters. The van der Waals surface area contributed by atoms with Crippen LogP contribution in [-0.4, -0.2) is 23.1 Å². The van der Waals surface area contributed by atoms with E-state index in [-0.39, 0.29) is 0 Å². The molecule has 0 amide bonds. The summed E-state index contributed by atoms with van der Waals surface area (Å²) in [5.74, 6) is 0. The van der Waals surface area contributed by atoms with E-state index in [0.717, 1.165) is 12.2 Å². The highest BCUT2D eigenvalue weighted by molar-refractivity contribution is 7.80. The number of rotatable bonds is 3. The summed E-state index contributed by atoms with van der Waals surface area (Å²) in [6.45, 7) is 3.45. The molecule has 86 valence electrons. The van der Waals surface area contributed by atoms with Gasteiger partial charge in [0.2, 0.25) is 0 Å². The van der Waals surface area contributed by atoms with Crippen molar-refractivity contribution in [2.24, 2.45) is 5.73 Å². The molecule has 4 heteroatoms. The fraction of sp³-hybridized carbons (Fsp3) is 0.417. The molecule has 0 radical (unpaired) electrons. The van der Waals surface area contributed by atoms with Crippen LogP contribution in [0.3, 0.4) is 0 Å². The SMILES string of the molecule is NC(=S)Nc1cccc(CN2CCCC2)c1. The number of anilines is 1. The van der Waals surface area contributed by atoms with Gasteiger partial charge in [-0.2, -0.15) is 0 Å². The zero-order chi connectivity index (χ0) is 11.4. The van der Waals surface area contributed by atoms with Crippen molar-refractivity contribution < 1.29 is 0 Å². The third-order valence-corrected chi connectivity index (χ3v) is 2.90. The highest BCUT2D eigenvalue weighted by atomic mass is 32.1. The third kappa shape index (κ3) is 3.18. The van der Waals surface area contributed by atoms with Gasteiger partial charge < -0.3 is 11.1 Å². The van der Waals surface area contributed by atoms with Crippen molar-refractivity contribution in [3.05, 3.63) is 29.8 Å². The average molecular weight is 235 g/mol. The van der Waals surface area contributed by atoms with Crippen molar-refractivity contribution in [3.63, 3.8) is 0 Å². The lowest BCUT2D eigenvalue weighted by molar-refractivity contribution is 0.331. The lowest BCUT2D eigenvalue weighted by Crippen LogP contribution is -2.20. The third-order valence-electron chi connectivity index (χ3n) is 2.80. The summed E-state index contributed by atoms with van der Waals surface area (Å²) >= 11 is 4.82. The second-order valence-corrected chi connectivity index (χ2v) is 4.61. The van der Waals surface area contributed by atoms with Gasteiger partial charge in [0.05, 0.1) is 0 Å². The molecule has 3 nitrogen and oxygen atoms in total. The van der Waals surface area contributed by atoms with Gasteiger partial charge in [0, 0.05) is 12.2 Å². The van der Waals surface area contributed by atoms with Crippen LogP contribution in [-0.2, 0) is 6.54 Å². The van der Waals surface area contributed by atoms with E-state index in [2.05, 4.69) is 22.3 Å². The Morgan fingerprint density at radius 2 is 2.12 bits per heavy atom. The first-order chi connectivity index (χ1) is 7.74. The molecule has 2 rings (SSSR count). The maximum absolute atomic E-state index is 5.45. The number of nitrogens with one attached hydrogen (secondary N) is 1. The topological polar surface area (TPSA) is 41.3 Å². The van der Waals surface area contributed by atoms with E-state index >= 15 is 0 Å². The molecule has 0 saturated carbocycles. The van der Waals surface area contributed by atoms with E-state index < -0.39 is 0 Å². The van der Waals surface area contributed by atoms with Crippen molar-refractivity contribution in [1.29, 1.82) is 0 Å². The molecular weight excluding hydrogens is 218 g/mol. The van der Waals surface area contributed by atoms with Gasteiger partial charge in [-0.05, 0) is 55.8 Å². The summed E-state index contributed by atoms with van der Waals surface area (Å²) in [6.07, 6.45) is 2.65. The number of nitrogens with zero attached hydrogens (tertiary/aromatic N) is 1. The van der Waals surface area contributed by atoms with Crippen LogP contribution < -0.4 is 11.1 Å². The molecule has 0 aliphatic carbocycles. The highest BCUT2D eigenvalue weighted by Gasteiger charge is 2.11. The molecular formula is C12H17N3S. The van der Waals surface area contributed by atoms with Gasteiger partial charge in [0.25, 0.3) is 0 Å². The van der Waals surface area contributed by atoms with Crippen LogP contribution in [0, 0.1) is 0 Å². The van der Waals surface area contributed by atoms with E-state index in [1.807, 2.05) is 12.1 Å². The summed E-state index contributed by atoms with van der Waals surface area (Å²) in [7, 11) is 0. The first kappa shape index (κ1) is 11.4.